The highest BCUT2D eigenvalue weighted by Crippen LogP contribution is 2.32. The van der Waals surface area contributed by atoms with Crippen molar-refractivity contribution in [3.63, 3.8) is 0 Å². The molecule has 0 radical (unpaired) electrons. The number of nitrogens with zero attached hydrogens (tertiary/aromatic N) is 2. The van der Waals surface area contributed by atoms with Gasteiger partial charge in [-0.05, 0) is 47.5 Å². The van der Waals surface area contributed by atoms with Crippen molar-refractivity contribution < 1.29 is 13.9 Å². The fourth-order valence-electron chi connectivity index (χ4n) is 2.94. The first-order valence-corrected chi connectivity index (χ1v) is 8.57. The highest BCUT2D eigenvalue weighted by molar-refractivity contribution is 5.45. The number of pyridine rings is 1. The van der Waals surface area contributed by atoms with E-state index in [0.717, 1.165) is 36.9 Å². The zero-order valence-corrected chi connectivity index (χ0v) is 14.4. The maximum absolute atomic E-state index is 5.49. The monoisotopic (exact) mass is 348 g/mol. The Bertz CT molecular complexity index is 860. The van der Waals surface area contributed by atoms with Crippen LogP contribution in [-0.4, -0.2) is 23.2 Å². The summed E-state index contributed by atoms with van der Waals surface area (Å²) in [6.07, 6.45) is 9.49. The molecule has 0 bridgehead atoms. The molecule has 3 aromatic rings. The first kappa shape index (κ1) is 16.4. The quantitative estimate of drug-likeness (QED) is 0.643. The largest absolute Gasteiger partial charge is 0.465 e. The van der Waals surface area contributed by atoms with Gasteiger partial charge in [0.2, 0.25) is 6.79 Å². The number of hydrogen-bond donors (Lipinski definition) is 0. The molecule has 0 unspecified atom stereocenters. The zero-order chi connectivity index (χ0) is 17.6. The topological polar surface area (TPSA) is 47.7 Å². The molecule has 0 N–H and O–H groups in total. The highest BCUT2D eigenvalue weighted by Gasteiger charge is 2.14. The third kappa shape index (κ3) is 4.13. The van der Waals surface area contributed by atoms with Gasteiger partial charge in [-0.2, -0.15) is 0 Å². The Balaban J connectivity index is 1.47. The highest BCUT2D eigenvalue weighted by atomic mass is 16.7. The van der Waals surface area contributed by atoms with Crippen molar-refractivity contribution in [1.82, 2.24) is 9.88 Å². The molecule has 5 nitrogen and oxygen atoms in total. The SMILES string of the molecule is C(=C\c1ccco1)/CN(Cc1cccnc1)Cc1ccc2c(c1)OCO2. The van der Waals surface area contributed by atoms with Gasteiger partial charge in [0.25, 0.3) is 0 Å². The summed E-state index contributed by atoms with van der Waals surface area (Å²) in [7, 11) is 0. The van der Waals surface area contributed by atoms with E-state index < -0.39 is 0 Å². The first-order valence-electron chi connectivity index (χ1n) is 8.57. The summed E-state index contributed by atoms with van der Waals surface area (Å²) < 4.78 is 16.2. The minimum atomic E-state index is 0.296. The van der Waals surface area contributed by atoms with Crippen molar-refractivity contribution in [2.45, 2.75) is 13.1 Å². The molecule has 0 saturated carbocycles. The predicted octanol–water partition coefficient (Wildman–Crippen LogP) is 4.12. The van der Waals surface area contributed by atoms with Crippen molar-refractivity contribution >= 4 is 6.08 Å². The van der Waals surface area contributed by atoms with Gasteiger partial charge in [-0.15, -0.1) is 0 Å². The Kier molecular flexibility index (Phi) is 4.98. The molecule has 0 saturated heterocycles. The van der Waals surface area contributed by atoms with E-state index in [1.807, 2.05) is 36.5 Å². The number of furan rings is 1. The average Bonchev–Trinajstić information content (AvgIpc) is 3.33. The number of hydrogen-bond acceptors (Lipinski definition) is 5. The van der Waals surface area contributed by atoms with Gasteiger partial charge in [-0.25, -0.2) is 0 Å². The Labute approximate surface area is 152 Å². The third-order valence-electron chi connectivity index (χ3n) is 4.16. The van der Waals surface area contributed by atoms with E-state index in [9.17, 15) is 0 Å². The molecule has 5 heteroatoms. The van der Waals surface area contributed by atoms with Crippen LogP contribution in [0.3, 0.4) is 0 Å². The summed E-state index contributed by atoms with van der Waals surface area (Å²) >= 11 is 0. The predicted molar refractivity (Wildman–Crippen MR) is 98.7 cm³/mol. The molecular weight excluding hydrogens is 328 g/mol. The second-order valence-corrected chi connectivity index (χ2v) is 6.14. The van der Waals surface area contributed by atoms with Crippen LogP contribution in [0, 0.1) is 0 Å². The van der Waals surface area contributed by atoms with Gasteiger partial charge < -0.3 is 13.9 Å². The van der Waals surface area contributed by atoms with E-state index in [4.69, 9.17) is 13.9 Å². The second kappa shape index (κ2) is 7.89. The van der Waals surface area contributed by atoms with Crippen LogP contribution in [0.4, 0.5) is 0 Å². The average molecular weight is 348 g/mol. The molecular formula is C21H20N2O3. The van der Waals surface area contributed by atoms with Crippen LogP contribution >= 0.6 is 0 Å². The fraction of sp³-hybridized carbons (Fsp3) is 0.190. The van der Waals surface area contributed by atoms with Gasteiger partial charge in [-0.1, -0.05) is 18.2 Å². The number of benzene rings is 1. The third-order valence-corrected chi connectivity index (χ3v) is 4.16. The van der Waals surface area contributed by atoms with Gasteiger partial charge in [-0.3, -0.25) is 9.88 Å². The van der Waals surface area contributed by atoms with Crippen LogP contribution in [0.25, 0.3) is 6.08 Å². The van der Waals surface area contributed by atoms with E-state index in [-0.39, 0.29) is 0 Å². The maximum Gasteiger partial charge on any atom is 0.231 e. The first-order chi connectivity index (χ1) is 12.9. The minimum absolute atomic E-state index is 0.296. The van der Waals surface area contributed by atoms with Crippen LogP contribution in [-0.2, 0) is 13.1 Å². The van der Waals surface area contributed by atoms with Crippen LogP contribution < -0.4 is 9.47 Å². The molecule has 0 aliphatic carbocycles. The molecule has 3 heterocycles. The Morgan fingerprint density at radius 1 is 1.00 bits per heavy atom. The molecule has 1 aromatic carbocycles. The lowest BCUT2D eigenvalue weighted by Gasteiger charge is -2.21. The number of ether oxygens (including phenoxy) is 2. The van der Waals surface area contributed by atoms with E-state index in [0.29, 0.717) is 6.79 Å². The summed E-state index contributed by atoms with van der Waals surface area (Å²) in [6, 6.07) is 14.0. The van der Waals surface area contributed by atoms with Crippen molar-refractivity contribution in [3.8, 4) is 11.5 Å². The zero-order valence-electron chi connectivity index (χ0n) is 14.4. The number of rotatable bonds is 7. The normalized spacial score (nSPS) is 13.0. The van der Waals surface area contributed by atoms with E-state index in [1.165, 1.54) is 11.1 Å². The Hall–Kier alpha value is -3.05. The molecule has 2 aromatic heterocycles. The molecule has 1 aliphatic rings. The molecule has 132 valence electrons. The molecule has 1 aliphatic heterocycles. The van der Waals surface area contributed by atoms with Gasteiger partial charge in [0.05, 0.1) is 6.26 Å². The summed E-state index contributed by atoms with van der Waals surface area (Å²) in [4.78, 5) is 6.56. The minimum Gasteiger partial charge on any atom is -0.465 e. The number of aromatic nitrogens is 1. The molecule has 0 fully saturated rings. The smallest absolute Gasteiger partial charge is 0.231 e. The molecule has 0 atom stereocenters. The van der Waals surface area contributed by atoms with Gasteiger partial charge in [0, 0.05) is 32.0 Å². The van der Waals surface area contributed by atoms with Crippen molar-refractivity contribution in [1.29, 1.82) is 0 Å². The number of fused-ring (bicyclic) bond motifs is 1. The van der Waals surface area contributed by atoms with E-state index in [2.05, 4.69) is 34.2 Å². The Morgan fingerprint density at radius 2 is 1.92 bits per heavy atom. The molecule has 4 rings (SSSR count). The molecule has 0 amide bonds. The van der Waals surface area contributed by atoms with Gasteiger partial charge in [0.1, 0.15) is 5.76 Å². The lowest BCUT2D eigenvalue weighted by molar-refractivity contribution is 0.174. The van der Waals surface area contributed by atoms with E-state index >= 15 is 0 Å². The molecule has 26 heavy (non-hydrogen) atoms. The maximum atomic E-state index is 5.49. The van der Waals surface area contributed by atoms with Crippen molar-refractivity contribution in [3.05, 3.63) is 84.1 Å². The fourth-order valence-corrected chi connectivity index (χ4v) is 2.94. The van der Waals surface area contributed by atoms with Crippen molar-refractivity contribution in [2.24, 2.45) is 0 Å². The van der Waals surface area contributed by atoms with Crippen LogP contribution in [0.2, 0.25) is 0 Å². The Morgan fingerprint density at radius 3 is 2.77 bits per heavy atom. The second-order valence-electron chi connectivity index (χ2n) is 6.14. The summed E-state index contributed by atoms with van der Waals surface area (Å²) in [5.41, 5.74) is 2.36. The molecule has 0 spiro atoms. The van der Waals surface area contributed by atoms with Crippen LogP contribution in [0.15, 0.2) is 71.6 Å². The lowest BCUT2D eigenvalue weighted by atomic mass is 10.1. The van der Waals surface area contributed by atoms with Crippen LogP contribution in [0.1, 0.15) is 16.9 Å². The summed E-state index contributed by atoms with van der Waals surface area (Å²) in [6.45, 7) is 2.70. The summed E-state index contributed by atoms with van der Waals surface area (Å²) in [5, 5.41) is 0. The standard InChI is InChI=1S/C21H20N2O3/c1-4-18(13-22-9-1)15-23(10-2-5-19-6-3-11-24-19)14-17-7-8-20-21(12-17)26-16-25-20/h1-9,11-13H,10,14-16H2/b5-2+. The van der Waals surface area contributed by atoms with Gasteiger partial charge >= 0.3 is 0 Å². The summed E-state index contributed by atoms with van der Waals surface area (Å²) in [5.74, 6) is 2.48. The van der Waals surface area contributed by atoms with E-state index in [1.54, 1.807) is 12.5 Å². The lowest BCUT2D eigenvalue weighted by Crippen LogP contribution is -2.23. The van der Waals surface area contributed by atoms with Gasteiger partial charge in [0.15, 0.2) is 11.5 Å². The van der Waals surface area contributed by atoms with Crippen molar-refractivity contribution in [2.75, 3.05) is 13.3 Å². The van der Waals surface area contributed by atoms with Crippen LogP contribution in [0.5, 0.6) is 11.5 Å².